The summed E-state index contributed by atoms with van der Waals surface area (Å²) < 4.78 is 0. The molecule has 1 aliphatic heterocycles. The molecule has 2 aromatic rings. The molecule has 1 aliphatic rings. The number of rotatable bonds is 3. The van der Waals surface area contributed by atoms with Gasteiger partial charge in [-0.3, -0.25) is 9.59 Å². The molecule has 6 heteroatoms. The Morgan fingerprint density at radius 2 is 2.14 bits per heavy atom. The van der Waals surface area contributed by atoms with E-state index >= 15 is 0 Å². The fraction of sp³-hybridized carbons (Fsp3) is 0.312. The number of benzene rings is 1. The van der Waals surface area contributed by atoms with Crippen LogP contribution in [0.15, 0.2) is 29.6 Å². The van der Waals surface area contributed by atoms with E-state index in [1.54, 1.807) is 11.3 Å². The molecule has 0 saturated carbocycles. The first kappa shape index (κ1) is 14.7. The number of thiazole rings is 1. The van der Waals surface area contributed by atoms with Gasteiger partial charge in [0.2, 0.25) is 11.8 Å². The molecule has 0 bridgehead atoms. The number of nitrogens with zero attached hydrogens (tertiary/aromatic N) is 1. The van der Waals surface area contributed by atoms with E-state index in [-0.39, 0.29) is 24.2 Å². The average Bonchev–Trinajstić information content (AvgIpc) is 2.94. The molecule has 1 aromatic heterocycles. The van der Waals surface area contributed by atoms with Crippen molar-refractivity contribution in [1.29, 1.82) is 0 Å². The number of hydrogen-bond donors (Lipinski definition) is 2. The van der Waals surface area contributed by atoms with E-state index in [4.69, 9.17) is 0 Å². The Morgan fingerprint density at radius 3 is 2.77 bits per heavy atom. The second-order valence-electron chi connectivity index (χ2n) is 5.36. The third-order valence-electron chi connectivity index (χ3n) is 3.68. The van der Waals surface area contributed by atoms with Crippen LogP contribution in [-0.4, -0.2) is 23.3 Å². The Kier molecular flexibility index (Phi) is 4.20. The summed E-state index contributed by atoms with van der Waals surface area (Å²) in [6, 6.07) is 7.62. The molecular weight excluding hydrogens is 298 g/mol. The van der Waals surface area contributed by atoms with Gasteiger partial charge in [0.15, 0.2) is 0 Å². The zero-order valence-corrected chi connectivity index (χ0v) is 13.1. The lowest BCUT2D eigenvalue weighted by Gasteiger charge is -2.21. The standard InChI is InChI=1S/C16H17N3O2S/c1-10-18-14(9-22-10)11-2-4-13(5-3-11)19-16(21)12-6-7-17-15(20)8-12/h2-5,9,12H,6-8H2,1H3,(H,17,20)(H,19,21)/t12-/m1/s1. The fourth-order valence-electron chi connectivity index (χ4n) is 2.47. The van der Waals surface area contributed by atoms with Crippen LogP contribution >= 0.6 is 11.3 Å². The van der Waals surface area contributed by atoms with Crippen molar-refractivity contribution in [2.45, 2.75) is 19.8 Å². The van der Waals surface area contributed by atoms with Gasteiger partial charge in [0.05, 0.1) is 10.7 Å². The molecular formula is C16H17N3O2S. The van der Waals surface area contributed by atoms with Crippen molar-refractivity contribution < 1.29 is 9.59 Å². The predicted octanol–water partition coefficient (Wildman–Crippen LogP) is 2.58. The fourth-order valence-corrected chi connectivity index (χ4v) is 3.09. The largest absolute Gasteiger partial charge is 0.356 e. The molecule has 3 rings (SSSR count). The van der Waals surface area contributed by atoms with Crippen molar-refractivity contribution in [2.75, 3.05) is 11.9 Å². The van der Waals surface area contributed by atoms with Gasteiger partial charge in [0.1, 0.15) is 0 Å². The maximum Gasteiger partial charge on any atom is 0.228 e. The summed E-state index contributed by atoms with van der Waals surface area (Å²) in [5.41, 5.74) is 2.72. The van der Waals surface area contributed by atoms with E-state index < -0.39 is 0 Å². The Morgan fingerprint density at radius 1 is 1.36 bits per heavy atom. The third-order valence-corrected chi connectivity index (χ3v) is 4.46. The number of hydrogen-bond acceptors (Lipinski definition) is 4. The van der Waals surface area contributed by atoms with Crippen LogP contribution in [0.25, 0.3) is 11.3 Å². The number of amides is 2. The minimum absolute atomic E-state index is 0.0550. The molecule has 1 atom stereocenters. The van der Waals surface area contributed by atoms with E-state index in [0.717, 1.165) is 22.0 Å². The Hall–Kier alpha value is -2.21. The van der Waals surface area contributed by atoms with Crippen LogP contribution in [0.2, 0.25) is 0 Å². The lowest BCUT2D eigenvalue weighted by molar-refractivity contribution is -0.129. The summed E-state index contributed by atoms with van der Waals surface area (Å²) in [6.07, 6.45) is 0.954. The number of aromatic nitrogens is 1. The van der Waals surface area contributed by atoms with Crippen molar-refractivity contribution in [3.8, 4) is 11.3 Å². The highest BCUT2D eigenvalue weighted by Crippen LogP contribution is 2.23. The first-order valence-electron chi connectivity index (χ1n) is 7.22. The van der Waals surface area contributed by atoms with Crippen LogP contribution in [0.5, 0.6) is 0 Å². The summed E-state index contributed by atoms with van der Waals surface area (Å²) in [5, 5.41) is 8.66. The van der Waals surface area contributed by atoms with Gasteiger partial charge in [-0.25, -0.2) is 4.98 Å². The SMILES string of the molecule is Cc1nc(-c2ccc(NC(=O)[C@@H]3CCNC(=O)C3)cc2)cs1. The maximum atomic E-state index is 12.2. The number of aryl methyl sites for hydroxylation is 1. The topological polar surface area (TPSA) is 71.1 Å². The van der Waals surface area contributed by atoms with Crippen LogP contribution in [0.3, 0.4) is 0 Å². The van der Waals surface area contributed by atoms with E-state index in [1.807, 2.05) is 36.6 Å². The van der Waals surface area contributed by atoms with E-state index in [1.165, 1.54) is 0 Å². The lowest BCUT2D eigenvalue weighted by atomic mass is 9.96. The maximum absolute atomic E-state index is 12.2. The van der Waals surface area contributed by atoms with Gasteiger partial charge in [-0.1, -0.05) is 12.1 Å². The van der Waals surface area contributed by atoms with E-state index in [9.17, 15) is 9.59 Å². The molecule has 2 amide bonds. The minimum Gasteiger partial charge on any atom is -0.356 e. The molecule has 1 fully saturated rings. The number of piperidine rings is 1. The monoisotopic (exact) mass is 315 g/mol. The Balaban J connectivity index is 1.65. The van der Waals surface area contributed by atoms with Crippen molar-refractivity contribution in [3.63, 3.8) is 0 Å². The molecule has 0 spiro atoms. The third kappa shape index (κ3) is 3.33. The number of nitrogens with one attached hydrogen (secondary N) is 2. The van der Waals surface area contributed by atoms with Crippen LogP contribution in [-0.2, 0) is 9.59 Å². The molecule has 22 heavy (non-hydrogen) atoms. The van der Waals surface area contributed by atoms with Crippen molar-refractivity contribution in [2.24, 2.45) is 5.92 Å². The van der Waals surface area contributed by atoms with Gasteiger partial charge < -0.3 is 10.6 Å². The zero-order chi connectivity index (χ0) is 15.5. The summed E-state index contributed by atoms with van der Waals surface area (Å²) in [4.78, 5) is 27.9. The van der Waals surface area contributed by atoms with Gasteiger partial charge in [0, 0.05) is 35.5 Å². The Bertz CT molecular complexity index is 694. The molecule has 1 aromatic carbocycles. The van der Waals surface area contributed by atoms with Crippen molar-refractivity contribution in [3.05, 3.63) is 34.7 Å². The lowest BCUT2D eigenvalue weighted by Crippen LogP contribution is -2.38. The second-order valence-corrected chi connectivity index (χ2v) is 6.42. The van der Waals surface area contributed by atoms with Crippen LogP contribution < -0.4 is 10.6 Å². The van der Waals surface area contributed by atoms with E-state index in [0.29, 0.717) is 13.0 Å². The molecule has 5 nitrogen and oxygen atoms in total. The van der Waals surface area contributed by atoms with Gasteiger partial charge in [-0.15, -0.1) is 11.3 Å². The van der Waals surface area contributed by atoms with Gasteiger partial charge in [-0.05, 0) is 25.5 Å². The highest BCUT2D eigenvalue weighted by atomic mass is 32.1. The highest BCUT2D eigenvalue weighted by Gasteiger charge is 2.25. The number of carbonyl (C=O) groups is 2. The highest BCUT2D eigenvalue weighted by molar-refractivity contribution is 7.09. The molecule has 0 radical (unpaired) electrons. The summed E-state index contributed by atoms with van der Waals surface area (Å²) in [7, 11) is 0. The van der Waals surface area contributed by atoms with E-state index in [2.05, 4.69) is 15.6 Å². The Labute approximate surface area is 132 Å². The molecule has 114 valence electrons. The van der Waals surface area contributed by atoms with Crippen molar-refractivity contribution in [1.82, 2.24) is 10.3 Å². The summed E-state index contributed by atoms with van der Waals surface area (Å²) in [6.45, 7) is 2.54. The van der Waals surface area contributed by atoms with Crippen LogP contribution in [0.1, 0.15) is 17.8 Å². The van der Waals surface area contributed by atoms with Crippen LogP contribution in [0, 0.1) is 12.8 Å². The predicted molar refractivity (Wildman–Crippen MR) is 86.7 cm³/mol. The van der Waals surface area contributed by atoms with Gasteiger partial charge >= 0.3 is 0 Å². The first-order valence-corrected chi connectivity index (χ1v) is 8.10. The summed E-state index contributed by atoms with van der Waals surface area (Å²) in [5.74, 6) is -0.387. The molecule has 1 saturated heterocycles. The second kappa shape index (κ2) is 6.27. The van der Waals surface area contributed by atoms with Gasteiger partial charge in [0.25, 0.3) is 0 Å². The number of anilines is 1. The smallest absolute Gasteiger partial charge is 0.228 e. The molecule has 2 N–H and O–H groups in total. The molecule has 0 aliphatic carbocycles. The first-order chi connectivity index (χ1) is 10.6. The average molecular weight is 315 g/mol. The summed E-state index contributed by atoms with van der Waals surface area (Å²) >= 11 is 1.61. The zero-order valence-electron chi connectivity index (χ0n) is 12.3. The number of carbonyl (C=O) groups excluding carboxylic acids is 2. The molecule has 0 unspecified atom stereocenters. The quantitative estimate of drug-likeness (QED) is 0.914. The normalized spacial score (nSPS) is 17.9. The van der Waals surface area contributed by atoms with Gasteiger partial charge in [-0.2, -0.15) is 0 Å². The van der Waals surface area contributed by atoms with Crippen LogP contribution in [0.4, 0.5) is 5.69 Å². The molecule has 2 heterocycles. The minimum atomic E-state index is -0.241. The van der Waals surface area contributed by atoms with Crippen molar-refractivity contribution >= 4 is 28.8 Å².